The van der Waals surface area contributed by atoms with E-state index >= 15 is 0 Å². The van der Waals surface area contributed by atoms with Gasteiger partial charge >= 0.3 is 5.97 Å². The number of amidine groups is 1. The van der Waals surface area contributed by atoms with Gasteiger partial charge in [0, 0.05) is 18.5 Å². The number of rotatable bonds is 11. The number of carboxylic acids is 1. The molecule has 1 atom stereocenters. The van der Waals surface area contributed by atoms with Crippen LogP contribution >= 0.6 is 0 Å². The number of amides is 1. The molecule has 0 bridgehead atoms. The number of benzene rings is 2. The molecule has 0 aliphatic heterocycles. The molecular formula is C24H33N5O3. The van der Waals surface area contributed by atoms with Gasteiger partial charge in [0.2, 0.25) is 5.91 Å². The summed E-state index contributed by atoms with van der Waals surface area (Å²) in [5, 5.41) is 13.6. The van der Waals surface area contributed by atoms with Crippen molar-refractivity contribution in [3.8, 4) is 11.1 Å². The van der Waals surface area contributed by atoms with Crippen molar-refractivity contribution in [3.05, 3.63) is 59.7 Å². The minimum Gasteiger partial charge on any atom is -0.480 e. The first-order valence-electron chi connectivity index (χ1n) is 10.8. The average molecular weight is 440 g/mol. The lowest BCUT2D eigenvalue weighted by molar-refractivity contribution is -0.153. The number of hydrazine groups is 1. The fraction of sp³-hybridized carbons (Fsp3) is 0.375. The summed E-state index contributed by atoms with van der Waals surface area (Å²) in [5.74, 6) is 4.19. The van der Waals surface area contributed by atoms with Crippen LogP contribution in [-0.4, -0.2) is 33.8 Å². The van der Waals surface area contributed by atoms with Crippen molar-refractivity contribution in [2.24, 2.45) is 22.6 Å². The molecule has 0 saturated heterocycles. The van der Waals surface area contributed by atoms with Crippen LogP contribution in [0.25, 0.3) is 11.1 Å². The summed E-state index contributed by atoms with van der Waals surface area (Å²) in [4.78, 5) is 26.2. The minimum atomic E-state index is -0.987. The third-order valence-electron chi connectivity index (χ3n) is 5.29. The molecule has 1 amide bonds. The van der Waals surface area contributed by atoms with Gasteiger partial charge in [0.25, 0.3) is 0 Å². The maximum Gasteiger partial charge on any atom is 0.326 e. The highest BCUT2D eigenvalue weighted by molar-refractivity contribution is 6.03. The molecule has 6 N–H and O–H groups in total. The van der Waals surface area contributed by atoms with Crippen LogP contribution in [0, 0.1) is 5.92 Å². The van der Waals surface area contributed by atoms with Crippen molar-refractivity contribution in [2.45, 2.75) is 52.6 Å². The first-order chi connectivity index (χ1) is 15.3. The van der Waals surface area contributed by atoms with E-state index in [1.54, 1.807) is 0 Å². The average Bonchev–Trinajstić information content (AvgIpc) is 2.77. The lowest BCUT2D eigenvalue weighted by Gasteiger charge is -2.32. The van der Waals surface area contributed by atoms with Crippen LogP contribution in [0.2, 0.25) is 0 Å². The van der Waals surface area contributed by atoms with E-state index in [9.17, 15) is 14.7 Å². The molecule has 0 saturated carbocycles. The number of nitrogens with two attached hydrogens (primary N) is 2. The lowest BCUT2D eigenvalue weighted by atomic mass is 9.97. The summed E-state index contributed by atoms with van der Waals surface area (Å²) >= 11 is 0. The maximum absolute atomic E-state index is 12.8. The molecule has 2 aromatic rings. The molecule has 1 unspecified atom stereocenters. The summed E-state index contributed by atoms with van der Waals surface area (Å²) in [7, 11) is 0. The van der Waals surface area contributed by atoms with Gasteiger partial charge in [0.15, 0.2) is 5.84 Å². The Morgan fingerprint density at radius 2 is 1.78 bits per heavy atom. The molecule has 8 nitrogen and oxygen atoms in total. The normalized spacial score (nSPS) is 12.5. The predicted molar refractivity (Wildman–Crippen MR) is 126 cm³/mol. The topological polar surface area (TPSA) is 134 Å². The number of nitrogens with zero attached hydrogens (tertiary/aromatic N) is 2. The summed E-state index contributed by atoms with van der Waals surface area (Å²) < 4.78 is 0. The van der Waals surface area contributed by atoms with Gasteiger partial charge in [-0.25, -0.2) is 16.2 Å². The Hall–Kier alpha value is -3.39. The molecule has 0 spiro atoms. The third-order valence-corrected chi connectivity index (χ3v) is 5.29. The zero-order valence-corrected chi connectivity index (χ0v) is 18.9. The highest BCUT2D eigenvalue weighted by atomic mass is 16.4. The molecular weight excluding hydrogens is 406 g/mol. The van der Waals surface area contributed by atoms with Crippen LogP contribution < -0.4 is 17.1 Å². The Labute approximate surface area is 189 Å². The maximum atomic E-state index is 12.8. The molecule has 172 valence electrons. The molecule has 0 aliphatic rings. The van der Waals surface area contributed by atoms with E-state index in [1.807, 2.05) is 69.3 Å². The summed E-state index contributed by atoms with van der Waals surface area (Å²) in [6, 6.07) is 14.3. The van der Waals surface area contributed by atoms with Gasteiger partial charge in [0.05, 0.1) is 0 Å². The predicted octanol–water partition coefficient (Wildman–Crippen LogP) is 3.07. The number of nitrogens with one attached hydrogen (secondary N) is 1. The second kappa shape index (κ2) is 11.9. The van der Waals surface area contributed by atoms with Crippen molar-refractivity contribution < 1.29 is 14.7 Å². The van der Waals surface area contributed by atoms with Gasteiger partial charge in [-0.2, -0.15) is 0 Å². The number of unbranched alkanes of at least 4 members (excludes halogenated alkanes) is 1. The van der Waals surface area contributed by atoms with E-state index in [0.29, 0.717) is 6.42 Å². The Kier molecular flexibility index (Phi) is 9.22. The number of hydrogen-bond donors (Lipinski definition) is 4. The van der Waals surface area contributed by atoms with Gasteiger partial charge in [-0.3, -0.25) is 4.79 Å². The van der Waals surface area contributed by atoms with E-state index in [1.165, 1.54) is 4.90 Å². The number of aliphatic carboxylic acids is 1. The van der Waals surface area contributed by atoms with Gasteiger partial charge in [-0.05, 0) is 29.0 Å². The first-order valence-corrected chi connectivity index (χ1v) is 10.8. The molecule has 0 fully saturated rings. The smallest absolute Gasteiger partial charge is 0.326 e. The number of hydrazone groups is 1. The van der Waals surface area contributed by atoms with E-state index in [4.69, 9.17) is 11.6 Å². The fourth-order valence-corrected chi connectivity index (χ4v) is 3.67. The number of carbonyl (C=O) groups excluding carboxylic acids is 1. The number of hydrogen-bond acceptors (Lipinski definition) is 5. The van der Waals surface area contributed by atoms with Crippen LogP contribution in [0.1, 0.15) is 51.2 Å². The van der Waals surface area contributed by atoms with Gasteiger partial charge in [-0.15, -0.1) is 5.10 Å². The molecule has 2 aromatic carbocycles. The molecule has 32 heavy (non-hydrogen) atoms. The SMILES string of the molecule is CCCCC(=O)N(Cc1ccc(-c2ccccc2C(N)=NNN)cc1)C(C(=O)O)C(C)C. The van der Waals surface area contributed by atoms with Crippen LogP contribution in [0.4, 0.5) is 0 Å². The first kappa shape index (κ1) is 24.9. The molecule has 0 radical (unpaired) electrons. The Morgan fingerprint density at radius 1 is 1.12 bits per heavy atom. The van der Waals surface area contributed by atoms with Crippen LogP contribution in [0.15, 0.2) is 53.6 Å². The third kappa shape index (κ3) is 6.31. The van der Waals surface area contributed by atoms with Gasteiger partial charge in [0.1, 0.15) is 6.04 Å². The number of carboxylic acid groups (broad SMARTS) is 1. The van der Waals surface area contributed by atoms with Gasteiger partial charge in [-0.1, -0.05) is 75.7 Å². The largest absolute Gasteiger partial charge is 0.480 e. The van der Waals surface area contributed by atoms with Crippen molar-refractivity contribution in [3.63, 3.8) is 0 Å². The molecule has 8 heteroatoms. The fourth-order valence-electron chi connectivity index (χ4n) is 3.67. The van der Waals surface area contributed by atoms with Gasteiger partial charge < -0.3 is 15.7 Å². The second-order valence-electron chi connectivity index (χ2n) is 8.02. The van der Waals surface area contributed by atoms with E-state index < -0.39 is 12.0 Å². The van der Waals surface area contributed by atoms with Crippen molar-refractivity contribution in [2.75, 3.05) is 0 Å². The summed E-state index contributed by atoms with van der Waals surface area (Å²) in [5.41, 5.74) is 11.6. The van der Waals surface area contributed by atoms with Crippen molar-refractivity contribution in [1.82, 2.24) is 10.4 Å². The second-order valence-corrected chi connectivity index (χ2v) is 8.02. The van der Waals surface area contributed by atoms with E-state index in [2.05, 4.69) is 10.6 Å². The van der Waals surface area contributed by atoms with E-state index in [-0.39, 0.29) is 24.2 Å². The Bertz CT molecular complexity index is 941. The highest BCUT2D eigenvalue weighted by Gasteiger charge is 2.32. The van der Waals surface area contributed by atoms with Crippen molar-refractivity contribution in [1.29, 1.82) is 0 Å². The van der Waals surface area contributed by atoms with Crippen LogP contribution in [-0.2, 0) is 16.1 Å². The quantitative estimate of drug-likeness (QED) is 0.184. The zero-order valence-electron chi connectivity index (χ0n) is 18.9. The number of carbonyl (C=O) groups is 2. The summed E-state index contributed by atoms with van der Waals surface area (Å²) in [6.07, 6.45) is 1.95. The highest BCUT2D eigenvalue weighted by Crippen LogP contribution is 2.25. The Morgan fingerprint density at radius 3 is 2.34 bits per heavy atom. The van der Waals surface area contributed by atoms with Crippen LogP contribution in [0.5, 0.6) is 0 Å². The zero-order chi connectivity index (χ0) is 23.7. The molecule has 0 aliphatic carbocycles. The van der Waals surface area contributed by atoms with Crippen LogP contribution in [0.3, 0.4) is 0 Å². The molecule has 2 rings (SSSR count). The minimum absolute atomic E-state index is 0.138. The Balaban J connectivity index is 2.34. The van der Waals surface area contributed by atoms with E-state index in [0.717, 1.165) is 35.1 Å². The van der Waals surface area contributed by atoms with Crippen molar-refractivity contribution >= 4 is 17.7 Å². The molecule has 0 aromatic heterocycles. The monoisotopic (exact) mass is 439 g/mol. The summed E-state index contributed by atoms with van der Waals surface area (Å²) in [6.45, 7) is 5.88. The molecule has 0 heterocycles. The lowest BCUT2D eigenvalue weighted by Crippen LogP contribution is -2.47. The standard InChI is InChI=1S/C24H33N5O3/c1-4-5-10-21(30)29(22(16(2)3)24(31)32)15-17-11-13-18(14-12-17)19-8-6-7-9-20(19)23(25)27-28-26/h6-9,11-14,16,22,28H,4-5,10,15,26H2,1-3H3,(H2,25,27)(H,31,32).